The van der Waals surface area contributed by atoms with E-state index >= 15 is 0 Å². The average Bonchev–Trinajstić information content (AvgIpc) is 2.87. The molecular formula is C29H21NO5. The number of carboxylic acid groups (broad SMARTS) is 2. The van der Waals surface area contributed by atoms with Gasteiger partial charge >= 0.3 is 11.9 Å². The van der Waals surface area contributed by atoms with E-state index in [2.05, 4.69) is 6.07 Å². The number of hydrogen-bond donors (Lipinski definition) is 2. The molecule has 1 aliphatic rings. The first kappa shape index (κ1) is 23.4. The minimum atomic E-state index is -1.04. The highest BCUT2D eigenvalue weighted by Gasteiger charge is 2.41. The van der Waals surface area contributed by atoms with E-state index < -0.39 is 17.4 Å². The molecule has 0 spiro atoms. The van der Waals surface area contributed by atoms with Crippen molar-refractivity contribution < 1.29 is 24.6 Å². The SMILES string of the molecule is N#CC1(c2ccccc2)C/C(=C/c2ccc(C(=O)O)cc2)C(=O)/C(=C\c2ccc(C(=O)O)cc2)C1. The van der Waals surface area contributed by atoms with Crippen LogP contribution < -0.4 is 0 Å². The summed E-state index contributed by atoms with van der Waals surface area (Å²) in [5.74, 6) is -2.27. The third-order valence-electron chi connectivity index (χ3n) is 6.11. The van der Waals surface area contributed by atoms with Crippen LogP contribution in [-0.2, 0) is 10.2 Å². The van der Waals surface area contributed by atoms with Crippen LogP contribution in [0, 0.1) is 11.3 Å². The number of benzene rings is 3. The Balaban J connectivity index is 1.80. The normalized spacial score (nSPS) is 19.9. The van der Waals surface area contributed by atoms with E-state index in [4.69, 9.17) is 10.2 Å². The second-order valence-electron chi connectivity index (χ2n) is 8.44. The molecule has 0 atom stereocenters. The summed E-state index contributed by atoms with van der Waals surface area (Å²) >= 11 is 0. The van der Waals surface area contributed by atoms with Gasteiger partial charge in [0.05, 0.1) is 22.6 Å². The van der Waals surface area contributed by atoms with Gasteiger partial charge in [-0.25, -0.2) is 9.59 Å². The van der Waals surface area contributed by atoms with Crippen LogP contribution >= 0.6 is 0 Å². The number of aromatic carboxylic acids is 2. The van der Waals surface area contributed by atoms with Gasteiger partial charge in [0.1, 0.15) is 0 Å². The van der Waals surface area contributed by atoms with Crippen molar-refractivity contribution in [2.24, 2.45) is 0 Å². The lowest BCUT2D eigenvalue weighted by Crippen LogP contribution is -2.33. The molecule has 1 fully saturated rings. The van der Waals surface area contributed by atoms with Crippen LogP contribution in [0.4, 0.5) is 0 Å². The van der Waals surface area contributed by atoms with Crippen molar-refractivity contribution in [3.63, 3.8) is 0 Å². The third kappa shape index (κ3) is 4.94. The predicted molar refractivity (Wildman–Crippen MR) is 131 cm³/mol. The summed E-state index contributed by atoms with van der Waals surface area (Å²) in [7, 11) is 0. The van der Waals surface area contributed by atoms with E-state index in [9.17, 15) is 19.6 Å². The van der Waals surface area contributed by atoms with E-state index in [1.807, 2.05) is 30.3 Å². The van der Waals surface area contributed by atoms with Gasteiger partial charge in [0, 0.05) is 11.1 Å². The predicted octanol–water partition coefficient (Wildman–Crippen LogP) is 5.37. The van der Waals surface area contributed by atoms with Crippen LogP contribution in [0.25, 0.3) is 12.2 Å². The molecule has 0 amide bonds. The van der Waals surface area contributed by atoms with Crippen molar-refractivity contribution in [1.82, 2.24) is 0 Å². The monoisotopic (exact) mass is 463 g/mol. The molecule has 0 bridgehead atoms. The van der Waals surface area contributed by atoms with E-state index in [1.54, 1.807) is 36.4 Å². The zero-order valence-corrected chi connectivity index (χ0v) is 18.6. The molecular weight excluding hydrogens is 442 g/mol. The lowest BCUT2D eigenvalue weighted by atomic mass is 9.66. The zero-order valence-electron chi connectivity index (χ0n) is 18.6. The van der Waals surface area contributed by atoms with Crippen LogP contribution in [-0.4, -0.2) is 27.9 Å². The second-order valence-corrected chi connectivity index (χ2v) is 8.44. The molecule has 3 aromatic carbocycles. The Morgan fingerprint density at radius 3 is 1.54 bits per heavy atom. The Hall–Kier alpha value is -4.76. The van der Waals surface area contributed by atoms with Gasteiger partial charge < -0.3 is 10.2 Å². The van der Waals surface area contributed by atoms with Crippen LogP contribution in [0.3, 0.4) is 0 Å². The second kappa shape index (κ2) is 9.62. The summed E-state index contributed by atoms with van der Waals surface area (Å²) in [6.45, 7) is 0. The fourth-order valence-electron chi connectivity index (χ4n) is 4.26. The number of carboxylic acids is 2. The first-order chi connectivity index (χ1) is 16.8. The average molecular weight is 463 g/mol. The van der Waals surface area contributed by atoms with Crippen LogP contribution in [0.1, 0.15) is 50.2 Å². The molecule has 0 radical (unpaired) electrons. The largest absolute Gasteiger partial charge is 0.478 e. The number of carbonyl (C=O) groups excluding carboxylic acids is 1. The van der Waals surface area contributed by atoms with E-state index in [0.29, 0.717) is 22.3 Å². The molecule has 6 heteroatoms. The van der Waals surface area contributed by atoms with Crippen molar-refractivity contribution >= 4 is 29.9 Å². The van der Waals surface area contributed by atoms with Crippen molar-refractivity contribution in [3.05, 3.63) is 118 Å². The molecule has 1 saturated carbocycles. The number of allylic oxidation sites excluding steroid dienone is 2. The molecule has 1 aliphatic carbocycles. The topological polar surface area (TPSA) is 115 Å². The number of hydrogen-bond acceptors (Lipinski definition) is 4. The van der Waals surface area contributed by atoms with Gasteiger partial charge in [-0.05, 0) is 65.9 Å². The number of Topliss-reactive ketones (excluding diaryl/α,β-unsaturated/α-hetero) is 1. The van der Waals surface area contributed by atoms with Crippen molar-refractivity contribution in [3.8, 4) is 6.07 Å². The number of nitriles is 1. The standard InChI is InChI=1S/C29H21NO5/c30-18-29(25-4-2-1-3-5-25)16-23(14-19-6-10-21(11-7-19)27(32)33)26(31)24(17-29)15-20-8-12-22(13-9-20)28(34)35/h1-15H,16-17H2,(H,32,33)(H,34,35)/b23-14-,24-15-. The Bertz CT molecular complexity index is 1310. The summed E-state index contributed by atoms with van der Waals surface area (Å²) < 4.78 is 0. The van der Waals surface area contributed by atoms with Gasteiger partial charge in [-0.2, -0.15) is 5.26 Å². The molecule has 4 rings (SSSR count). The molecule has 2 N–H and O–H groups in total. The molecule has 3 aromatic rings. The Labute approximate surface area is 202 Å². The molecule has 0 aliphatic heterocycles. The van der Waals surface area contributed by atoms with Gasteiger partial charge in [0.2, 0.25) is 0 Å². The van der Waals surface area contributed by atoms with Crippen LogP contribution in [0.5, 0.6) is 0 Å². The highest BCUT2D eigenvalue weighted by molar-refractivity contribution is 6.14. The highest BCUT2D eigenvalue weighted by Crippen LogP contribution is 2.43. The highest BCUT2D eigenvalue weighted by atomic mass is 16.4. The molecule has 35 heavy (non-hydrogen) atoms. The lowest BCUT2D eigenvalue weighted by Gasteiger charge is -2.33. The van der Waals surface area contributed by atoms with E-state index in [1.165, 1.54) is 24.3 Å². The summed E-state index contributed by atoms with van der Waals surface area (Å²) in [5, 5.41) is 28.6. The summed E-state index contributed by atoms with van der Waals surface area (Å²) in [6, 6.07) is 24.2. The van der Waals surface area contributed by atoms with Gasteiger partial charge in [-0.1, -0.05) is 54.6 Å². The van der Waals surface area contributed by atoms with Crippen molar-refractivity contribution in [2.45, 2.75) is 18.3 Å². The summed E-state index contributed by atoms with van der Waals surface area (Å²) in [6.07, 6.45) is 3.82. The molecule has 6 nitrogen and oxygen atoms in total. The Morgan fingerprint density at radius 2 is 1.17 bits per heavy atom. The smallest absolute Gasteiger partial charge is 0.335 e. The molecule has 172 valence electrons. The molecule has 0 unspecified atom stereocenters. The Kier molecular flexibility index (Phi) is 6.43. The fraction of sp³-hybridized carbons (Fsp3) is 0.103. The number of nitrogens with zero attached hydrogens (tertiary/aromatic N) is 1. The van der Waals surface area contributed by atoms with Gasteiger partial charge in [0.25, 0.3) is 0 Å². The van der Waals surface area contributed by atoms with Crippen molar-refractivity contribution in [1.29, 1.82) is 5.26 Å². The maximum atomic E-state index is 13.5. The third-order valence-corrected chi connectivity index (χ3v) is 6.11. The maximum absolute atomic E-state index is 13.5. The zero-order chi connectivity index (χ0) is 25.0. The number of rotatable bonds is 5. The first-order valence-electron chi connectivity index (χ1n) is 10.9. The van der Waals surface area contributed by atoms with Gasteiger partial charge in [-0.15, -0.1) is 0 Å². The minimum Gasteiger partial charge on any atom is -0.478 e. The number of ketones is 1. The minimum absolute atomic E-state index is 0.142. The lowest BCUT2D eigenvalue weighted by molar-refractivity contribution is -0.113. The van der Waals surface area contributed by atoms with E-state index in [-0.39, 0.29) is 29.8 Å². The quantitative estimate of drug-likeness (QED) is 0.491. The van der Waals surface area contributed by atoms with Gasteiger partial charge in [0.15, 0.2) is 5.78 Å². The van der Waals surface area contributed by atoms with Crippen LogP contribution in [0.15, 0.2) is 90.0 Å². The van der Waals surface area contributed by atoms with Crippen LogP contribution in [0.2, 0.25) is 0 Å². The summed E-state index contributed by atoms with van der Waals surface area (Å²) in [4.78, 5) is 35.8. The van der Waals surface area contributed by atoms with Crippen molar-refractivity contribution in [2.75, 3.05) is 0 Å². The maximum Gasteiger partial charge on any atom is 0.335 e. The number of carbonyl (C=O) groups is 3. The molecule has 0 heterocycles. The first-order valence-corrected chi connectivity index (χ1v) is 10.9. The summed E-state index contributed by atoms with van der Waals surface area (Å²) in [5.41, 5.74) is 2.32. The fourth-order valence-corrected chi connectivity index (χ4v) is 4.26. The molecule has 0 saturated heterocycles. The molecule has 0 aromatic heterocycles. The Morgan fingerprint density at radius 1 is 0.743 bits per heavy atom. The van der Waals surface area contributed by atoms with E-state index in [0.717, 1.165) is 5.56 Å². The van der Waals surface area contributed by atoms with Gasteiger partial charge in [-0.3, -0.25) is 4.79 Å².